The van der Waals surface area contributed by atoms with Crippen molar-refractivity contribution in [2.75, 3.05) is 23.8 Å². The van der Waals surface area contributed by atoms with Gasteiger partial charge in [-0.15, -0.1) is 11.3 Å². The molecule has 0 saturated heterocycles. The van der Waals surface area contributed by atoms with Gasteiger partial charge >= 0.3 is 5.97 Å². The van der Waals surface area contributed by atoms with Gasteiger partial charge in [0.2, 0.25) is 0 Å². The van der Waals surface area contributed by atoms with Crippen molar-refractivity contribution in [1.29, 1.82) is 0 Å². The van der Waals surface area contributed by atoms with Crippen LogP contribution in [0.4, 0.5) is 10.7 Å². The topological polar surface area (TPSA) is 103 Å². The van der Waals surface area contributed by atoms with Gasteiger partial charge in [-0.25, -0.2) is 4.79 Å². The molecule has 0 unspecified atom stereocenters. The second-order valence-electron chi connectivity index (χ2n) is 9.46. The molecule has 0 radical (unpaired) electrons. The van der Waals surface area contributed by atoms with E-state index < -0.39 is 12.1 Å². The molecule has 2 atom stereocenters. The number of carbonyl (C=O) groups is 3. The highest BCUT2D eigenvalue weighted by Gasteiger charge is 2.29. The second kappa shape index (κ2) is 12.8. The third kappa shape index (κ3) is 6.97. The summed E-state index contributed by atoms with van der Waals surface area (Å²) in [6.07, 6.45) is 1.93. The molecule has 1 heterocycles. The number of benzene rings is 2. The van der Waals surface area contributed by atoms with E-state index in [9.17, 15) is 14.4 Å². The molecule has 1 aliphatic rings. The van der Waals surface area contributed by atoms with Gasteiger partial charge in [-0.2, -0.15) is 0 Å². The third-order valence-electron chi connectivity index (χ3n) is 6.45. The van der Waals surface area contributed by atoms with Crippen LogP contribution in [0, 0.1) is 5.92 Å². The Morgan fingerprint density at radius 3 is 2.33 bits per heavy atom. The normalized spacial score (nSPS) is 15.0. The first-order valence-corrected chi connectivity index (χ1v) is 14.0. The number of fused-ring (bicyclic) bond motifs is 1. The van der Waals surface area contributed by atoms with Crippen molar-refractivity contribution in [1.82, 2.24) is 0 Å². The van der Waals surface area contributed by atoms with Crippen LogP contribution in [0.2, 0.25) is 0 Å². The van der Waals surface area contributed by atoms with Crippen LogP contribution >= 0.6 is 11.3 Å². The van der Waals surface area contributed by atoms with Crippen LogP contribution in [0.1, 0.15) is 65.3 Å². The standard InChI is InChI=1S/C30H34N2O6S/c1-5-36-22-14-10-21(11-15-22)31-27(33)19(4)38-23-12-8-20(9-13-23)28(34)32-29-26(30(35)37-6-2)24-16-7-18(3)17-25(24)39-29/h8-15,18-19H,5-7,16-17H2,1-4H3,(H,31,33)(H,32,34)/t18-,19+/m0/s1. The van der Waals surface area contributed by atoms with Gasteiger partial charge in [-0.3, -0.25) is 9.59 Å². The summed E-state index contributed by atoms with van der Waals surface area (Å²) in [7, 11) is 0. The molecule has 0 aliphatic heterocycles. The lowest BCUT2D eigenvalue weighted by molar-refractivity contribution is -0.122. The molecule has 2 aromatic carbocycles. The van der Waals surface area contributed by atoms with Crippen molar-refractivity contribution in [3.63, 3.8) is 0 Å². The number of anilines is 2. The van der Waals surface area contributed by atoms with Crippen molar-refractivity contribution in [3.8, 4) is 11.5 Å². The van der Waals surface area contributed by atoms with E-state index in [1.54, 1.807) is 62.4 Å². The zero-order chi connectivity index (χ0) is 27.9. The van der Waals surface area contributed by atoms with Crippen LogP contribution in [-0.2, 0) is 22.4 Å². The summed E-state index contributed by atoms with van der Waals surface area (Å²) in [6.45, 7) is 8.36. The number of esters is 1. The highest BCUT2D eigenvalue weighted by Crippen LogP contribution is 2.40. The molecule has 3 aromatic rings. The second-order valence-corrected chi connectivity index (χ2v) is 10.6. The lowest BCUT2D eigenvalue weighted by Crippen LogP contribution is -2.30. The molecular weight excluding hydrogens is 516 g/mol. The number of ether oxygens (including phenoxy) is 3. The van der Waals surface area contributed by atoms with Gasteiger partial charge < -0.3 is 24.8 Å². The fourth-order valence-electron chi connectivity index (χ4n) is 4.42. The van der Waals surface area contributed by atoms with E-state index in [-0.39, 0.29) is 18.4 Å². The summed E-state index contributed by atoms with van der Waals surface area (Å²) in [5.41, 5.74) is 2.51. The zero-order valence-corrected chi connectivity index (χ0v) is 23.5. The average Bonchev–Trinajstić information content (AvgIpc) is 3.27. The Morgan fingerprint density at radius 1 is 0.974 bits per heavy atom. The fraction of sp³-hybridized carbons (Fsp3) is 0.367. The SMILES string of the molecule is CCOC(=O)c1c(NC(=O)c2ccc(O[C@H](C)C(=O)Nc3ccc(OCC)cc3)cc2)sc2c1CC[C@H](C)C2. The van der Waals surface area contributed by atoms with E-state index in [1.165, 1.54) is 11.3 Å². The number of rotatable bonds is 10. The summed E-state index contributed by atoms with van der Waals surface area (Å²) in [4.78, 5) is 39.5. The molecule has 1 aliphatic carbocycles. The van der Waals surface area contributed by atoms with E-state index in [2.05, 4.69) is 17.6 Å². The Balaban J connectivity index is 1.39. The van der Waals surface area contributed by atoms with E-state index in [0.29, 0.717) is 40.1 Å². The van der Waals surface area contributed by atoms with Gasteiger partial charge in [0.25, 0.3) is 11.8 Å². The first kappa shape index (κ1) is 28.2. The van der Waals surface area contributed by atoms with Crippen LogP contribution in [0.5, 0.6) is 11.5 Å². The zero-order valence-electron chi connectivity index (χ0n) is 22.7. The van der Waals surface area contributed by atoms with Gasteiger partial charge in [-0.1, -0.05) is 6.92 Å². The maximum Gasteiger partial charge on any atom is 0.341 e. The molecule has 2 amide bonds. The molecule has 39 heavy (non-hydrogen) atoms. The predicted octanol–water partition coefficient (Wildman–Crippen LogP) is 6.11. The van der Waals surface area contributed by atoms with Crippen molar-refractivity contribution >= 4 is 39.8 Å². The molecule has 206 valence electrons. The largest absolute Gasteiger partial charge is 0.494 e. The Morgan fingerprint density at radius 2 is 1.67 bits per heavy atom. The quantitative estimate of drug-likeness (QED) is 0.296. The third-order valence-corrected chi connectivity index (χ3v) is 7.62. The lowest BCUT2D eigenvalue weighted by Gasteiger charge is -2.18. The van der Waals surface area contributed by atoms with Crippen molar-refractivity contribution in [2.45, 2.75) is 53.1 Å². The average molecular weight is 551 g/mol. The number of hydrogen-bond donors (Lipinski definition) is 2. The number of amides is 2. The molecule has 0 fully saturated rings. The van der Waals surface area contributed by atoms with Gasteiger partial charge in [-0.05, 0) is 100 Å². The molecule has 0 spiro atoms. The highest BCUT2D eigenvalue weighted by molar-refractivity contribution is 7.17. The maximum atomic E-state index is 13.1. The summed E-state index contributed by atoms with van der Waals surface area (Å²) >= 11 is 1.45. The maximum absolute atomic E-state index is 13.1. The Bertz CT molecular complexity index is 1320. The van der Waals surface area contributed by atoms with E-state index in [1.807, 2.05) is 6.92 Å². The van der Waals surface area contributed by atoms with E-state index >= 15 is 0 Å². The lowest BCUT2D eigenvalue weighted by atomic mass is 9.88. The molecule has 2 N–H and O–H groups in total. The Kier molecular flexibility index (Phi) is 9.24. The van der Waals surface area contributed by atoms with Crippen LogP contribution in [0.15, 0.2) is 48.5 Å². The predicted molar refractivity (Wildman–Crippen MR) is 152 cm³/mol. The smallest absolute Gasteiger partial charge is 0.341 e. The molecule has 0 saturated carbocycles. The summed E-state index contributed by atoms with van der Waals surface area (Å²) in [5, 5.41) is 6.26. The fourth-order valence-corrected chi connectivity index (χ4v) is 5.81. The van der Waals surface area contributed by atoms with Crippen LogP contribution in [0.3, 0.4) is 0 Å². The first-order chi connectivity index (χ1) is 18.8. The highest BCUT2D eigenvalue weighted by atomic mass is 32.1. The minimum absolute atomic E-state index is 0.269. The molecule has 0 bridgehead atoms. The number of hydrogen-bond acceptors (Lipinski definition) is 7. The molecule has 4 rings (SSSR count). The summed E-state index contributed by atoms with van der Waals surface area (Å²) in [5.74, 6) is 0.681. The summed E-state index contributed by atoms with van der Waals surface area (Å²) < 4.78 is 16.5. The van der Waals surface area contributed by atoms with E-state index in [0.717, 1.165) is 35.5 Å². The molecular formula is C30H34N2O6S. The van der Waals surface area contributed by atoms with Crippen LogP contribution < -0.4 is 20.1 Å². The minimum Gasteiger partial charge on any atom is -0.494 e. The Labute approximate surface area is 232 Å². The van der Waals surface area contributed by atoms with Gasteiger partial charge in [0, 0.05) is 16.1 Å². The van der Waals surface area contributed by atoms with Crippen molar-refractivity contribution in [2.24, 2.45) is 5.92 Å². The van der Waals surface area contributed by atoms with Gasteiger partial charge in [0.05, 0.1) is 18.8 Å². The van der Waals surface area contributed by atoms with Crippen LogP contribution in [0.25, 0.3) is 0 Å². The number of thiophene rings is 1. The number of carbonyl (C=O) groups excluding carboxylic acids is 3. The molecule has 8 nitrogen and oxygen atoms in total. The minimum atomic E-state index is -0.761. The van der Waals surface area contributed by atoms with Crippen molar-refractivity contribution < 1.29 is 28.6 Å². The molecule has 1 aromatic heterocycles. The van der Waals surface area contributed by atoms with Crippen LogP contribution in [-0.4, -0.2) is 37.1 Å². The van der Waals surface area contributed by atoms with E-state index in [4.69, 9.17) is 14.2 Å². The van der Waals surface area contributed by atoms with Gasteiger partial charge in [0.15, 0.2) is 6.10 Å². The summed E-state index contributed by atoms with van der Waals surface area (Å²) in [6, 6.07) is 13.6. The first-order valence-electron chi connectivity index (χ1n) is 13.2. The number of nitrogens with one attached hydrogen (secondary N) is 2. The van der Waals surface area contributed by atoms with Gasteiger partial charge in [0.1, 0.15) is 16.5 Å². The molecule has 9 heteroatoms. The monoisotopic (exact) mass is 550 g/mol. The Hall–Kier alpha value is -3.85. The van der Waals surface area contributed by atoms with Crippen molar-refractivity contribution in [3.05, 3.63) is 70.1 Å².